The molecule has 0 aromatic rings. The second-order valence-corrected chi connectivity index (χ2v) is 4.44. The summed E-state index contributed by atoms with van der Waals surface area (Å²) in [6.07, 6.45) is 0.399. The van der Waals surface area contributed by atoms with Gasteiger partial charge in [0.25, 0.3) is 0 Å². The zero-order chi connectivity index (χ0) is 13.5. The Morgan fingerprint density at radius 1 is 1.50 bits per heavy atom. The van der Waals surface area contributed by atoms with E-state index in [1.165, 1.54) is 0 Å². The normalized spacial score (nSPS) is 22.2. The molecule has 0 saturated carbocycles. The summed E-state index contributed by atoms with van der Waals surface area (Å²) in [5.74, 6) is -1.34. The molecule has 2 atom stereocenters. The SMILES string of the molecule is CCN1CCCC(NC(=O)NC[C@H](O)C(=O)O)C1. The van der Waals surface area contributed by atoms with E-state index in [1.807, 2.05) is 0 Å². The van der Waals surface area contributed by atoms with Gasteiger partial charge in [-0.25, -0.2) is 9.59 Å². The molecule has 2 amide bonds. The Morgan fingerprint density at radius 3 is 2.83 bits per heavy atom. The van der Waals surface area contributed by atoms with Crippen LogP contribution in [0, 0.1) is 0 Å². The Labute approximate surface area is 106 Å². The average molecular weight is 259 g/mol. The molecule has 1 unspecified atom stereocenters. The van der Waals surface area contributed by atoms with Crippen molar-refractivity contribution in [2.24, 2.45) is 0 Å². The molecule has 0 aromatic carbocycles. The van der Waals surface area contributed by atoms with Crippen LogP contribution < -0.4 is 10.6 Å². The molecule has 1 rings (SSSR count). The van der Waals surface area contributed by atoms with Crippen LogP contribution >= 0.6 is 0 Å². The quantitative estimate of drug-likeness (QED) is 0.518. The van der Waals surface area contributed by atoms with Crippen LogP contribution in [0.3, 0.4) is 0 Å². The summed E-state index contributed by atoms with van der Waals surface area (Å²) in [6, 6.07) is -0.348. The molecule has 4 N–H and O–H groups in total. The van der Waals surface area contributed by atoms with Gasteiger partial charge in [0.2, 0.25) is 0 Å². The lowest BCUT2D eigenvalue weighted by atomic mass is 10.1. The van der Waals surface area contributed by atoms with Crippen LogP contribution in [0.1, 0.15) is 19.8 Å². The van der Waals surface area contributed by atoms with Crippen molar-refractivity contribution in [1.82, 2.24) is 15.5 Å². The summed E-state index contributed by atoms with van der Waals surface area (Å²) in [7, 11) is 0. The van der Waals surface area contributed by atoms with E-state index in [0.717, 1.165) is 32.5 Å². The number of likely N-dealkylation sites (N-methyl/N-ethyl adjacent to an activating group) is 1. The number of amides is 2. The first-order valence-corrected chi connectivity index (χ1v) is 6.20. The highest BCUT2D eigenvalue weighted by Crippen LogP contribution is 2.09. The van der Waals surface area contributed by atoms with Crippen molar-refractivity contribution in [2.45, 2.75) is 31.9 Å². The Balaban J connectivity index is 2.25. The van der Waals surface area contributed by atoms with Crippen molar-refractivity contribution < 1.29 is 19.8 Å². The fraction of sp³-hybridized carbons (Fsp3) is 0.818. The van der Waals surface area contributed by atoms with E-state index < -0.39 is 18.1 Å². The summed E-state index contributed by atoms with van der Waals surface area (Å²) in [6.45, 7) is 4.61. The lowest BCUT2D eigenvalue weighted by molar-refractivity contribution is -0.146. The summed E-state index contributed by atoms with van der Waals surface area (Å²) >= 11 is 0. The number of nitrogens with zero attached hydrogens (tertiary/aromatic N) is 1. The van der Waals surface area contributed by atoms with Crippen molar-refractivity contribution in [3.63, 3.8) is 0 Å². The van der Waals surface area contributed by atoms with Gasteiger partial charge in [-0.3, -0.25) is 0 Å². The van der Waals surface area contributed by atoms with Crippen molar-refractivity contribution in [2.75, 3.05) is 26.2 Å². The van der Waals surface area contributed by atoms with E-state index >= 15 is 0 Å². The molecule has 7 heteroatoms. The van der Waals surface area contributed by atoms with Gasteiger partial charge in [0.15, 0.2) is 6.10 Å². The van der Waals surface area contributed by atoms with Gasteiger partial charge in [-0.05, 0) is 25.9 Å². The second-order valence-electron chi connectivity index (χ2n) is 4.44. The number of hydrogen-bond donors (Lipinski definition) is 4. The predicted molar refractivity (Wildman–Crippen MR) is 65.3 cm³/mol. The van der Waals surface area contributed by atoms with Crippen LogP contribution in [-0.2, 0) is 4.79 Å². The van der Waals surface area contributed by atoms with Gasteiger partial charge in [-0.2, -0.15) is 0 Å². The van der Waals surface area contributed by atoms with Crippen LogP contribution in [-0.4, -0.2) is 65.4 Å². The Hall–Kier alpha value is -1.34. The molecule has 0 aromatic heterocycles. The van der Waals surface area contributed by atoms with Gasteiger partial charge >= 0.3 is 12.0 Å². The summed E-state index contributed by atoms with van der Waals surface area (Å²) < 4.78 is 0. The molecular weight excluding hydrogens is 238 g/mol. The smallest absolute Gasteiger partial charge is 0.334 e. The number of carbonyl (C=O) groups excluding carboxylic acids is 1. The molecule has 1 saturated heterocycles. The van der Waals surface area contributed by atoms with Gasteiger partial charge in [0.05, 0.1) is 6.54 Å². The molecule has 1 fully saturated rings. The van der Waals surface area contributed by atoms with Crippen LogP contribution in [0.5, 0.6) is 0 Å². The number of hydrogen-bond acceptors (Lipinski definition) is 4. The molecule has 1 aliphatic heterocycles. The number of aliphatic carboxylic acids is 1. The molecule has 1 heterocycles. The lowest BCUT2D eigenvalue weighted by Crippen LogP contribution is -2.51. The maximum absolute atomic E-state index is 11.5. The average Bonchev–Trinajstić information content (AvgIpc) is 2.36. The maximum atomic E-state index is 11.5. The minimum Gasteiger partial charge on any atom is -0.479 e. The maximum Gasteiger partial charge on any atom is 0.334 e. The first-order valence-electron chi connectivity index (χ1n) is 6.20. The number of aliphatic hydroxyl groups excluding tert-OH is 1. The van der Waals surface area contributed by atoms with Crippen molar-refractivity contribution in [1.29, 1.82) is 0 Å². The molecule has 7 nitrogen and oxygen atoms in total. The molecule has 1 aliphatic rings. The summed E-state index contributed by atoms with van der Waals surface area (Å²) in [4.78, 5) is 24.1. The Bertz CT molecular complexity index is 298. The van der Waals surface area contributed by atoms with Crippen molar-refractivity contribution in [3.05, 3.63) is 0 Å². The van der Waals surface area contributed by atoms with E-state index in [4.69, 9.17) is 10.2 Å². The number of nitrogens with one attached hydrogen (secondary N) is 2. The van der Waals surface area contributed by atoms with Crippen LogP contribution in [0.4, 0.5) is 4.79 Å². The highest BCUT2D eigenvalue weighted by atomic mass is 16.4. The molecular formula is C11H21N3O4. The van der Waals surface area contributed by atoms with Crippen LogP contribution in [0.15, 0.2) is 0 Å². The number of carboxylic acid groups (broad SMARTS) is 1. The fourth-order valence-corrected chi connectivity index (χ4v) is 1.97. The number of piperidine rings is 1. The van der Waals surface area contributed by atoms with Gasteiger partial charge in [-0.1, -0.05) is 6.92 Å². The number of carboxylic acids is 1. The molecule has 0 bridgehead atoms. The van der Waals surface area contributed by atoms with E-state index in [0.29, 0.717) is 0 Å². The Kier molecular flexibility index (Phi) is 5.87. The number of rotatable bonds is 5. The van der Waals surface area contributed by atoms with Crippen molar-refractivity contribution in [3.8, 4) is 0 Å². The van der Waals surface area contributed by atoms with Gasteiger partial charge < -0.3 is 25.7 Å². The minimum atomic E-state index is -1.56. The summed E-state index contributed by atoms with van der Waals surface area (Å²) in [5.41, 5.74) is 0. The number of carbonyl (C=O) groups is 2. The van der Waals surface area contributed by atoms with Gasteiger partial charge in [0, 0.05) is 12.6 Å². The topological polar surface area (TPSA) is 102 Å². The zero-order valence-electron chi connectivity index (χ0n) is 10.6. The van der Waals surface area contributed by atoms with Gasteiger partial charge in [0.1, 0.15) is 0 Å². The largest absolute Gasteiger partial charge is 0.479 e. The first-order chi connectivity index (χ1) is 8.52. The van der Waals surface area contributed by atoms with Crippen LogP contribution in [0.2, 0.25) is 0 Å². The third-order valence-electron chi connectivity index (χ3n) is 3.03. The van der Waals surface area contributed by atoms with Crippen molar-refractivity contribution >= 4 is 12.0 Å². The van der Waals surface area contributed by atoms with E-state index in [-0.39, 0.29) is 12.6 Å². The van der Waals surface area contributed by atoms with E-state index in [1.54, 1.807) is 0 Å². The van der Waals surface area contributed by atoms with Gasteiger partial charge in [-0.15, -0.1) is 0 Å². The lowest BCUT2D eigenvalue weighted by Gasteiger charge is -2.32. The minimum absolute atomic E-state index is 0.0840. The molecule has 18 heavy (non-hydrogen) atoms. The highest BCUT2D eigenvalue weighted by molar-refractivity contribution is 5.76. The monoisotopic (exact) mass is 259 g/mol. The second kappa shape index (κ2) is 7.17. The number of likely N-dealkylation sites (tertiary alicyclic amines) is 1. The molecule has 104 valence electrons. The van der Waals surface area contributed by atoms with E-state index in [2.05, 4.69) is 22.5 Å². The van der Waals surface area contributed by atoms with Crippen LogP contribution in [0.25, 0.3) is 0 Å². The highest BCUT2D eigenvalue weighted by Gasteiger charge is 2.21. The first kappa shape index (κ1) is 14.7. The zero-order valence-corrected chi connectivity index (χ0v) is 10.6. The fourth-order valence-electron chi connectivity index (χ4n) is 1.97. The molecule has 0 spiro atoms. The number of aliphatic hydroxyl groups is 1. The summed E-state index contributed by atoms with van der Waals surface area (Å²) in [5, 5.41) is 22.6. The number of urea groups is 1. The molecule has 0 radical (unpaired) electrons. The molecule has 0 aliphatic carbocycles. The third kappa shape index (κ3) is 4.89. The third-order valence-corrected chi connectivity index (χ3v) is 3.03. The van der Waals surface area contributed by atoms with E-state index in [9.17, 15) is 9.59 Å². The predicted octanol–water partition coefficient (Wildman–Crippen LogP) is -0.785. The Morgan fingerprint density at radius 2 is 2.22 bits per heavy atom. The standard InChI is InChI=1S/C11H21N3O4/c1-2-14-5-3-4-8(7-14)13-11(18)12-6-9(15)10(16)17/h8-9,15H,2-7H2,1H3,(H,16,17)(H2,12,13,18)/t8?,9-/m0/s1.